The van der Waals surface area contributed by atoms with E-state index in [2.05, 4.69) is 10.3 Å². The maximum Gasteiger partial charge on any atom is 0.293 e. The van der Waals surface area contributed by atoms with Crippen molar-refractivity contribution in [2.75, 3.05) is 5.73 Å². The predicted octanol–water partition coefficient (Wildman–Crippen LogP) is 1.64. The van der Waals surface area contributed by atoms with Crippen molar-refractivity contribution in [2.45, 2.75) is 6.54 Å². The molecule has 108 valence electrons. The van der Waals surface area contributed by atoms with Crippen molar-refractivity contribution < 1.29 is 14.1 Å². The Balaban J connectivity index is 2.23. The van der Waals surface area contributed by atoms with Crippen LogP contribution in [0.3, 0.4) is 0 Å². The molecule has 2 aromatic rings. The molecule has 0 bridgehead atoms. The number of rotatable bonds is 4. The molecule has 1 aromatic heterocycles. The van der Waals surface area contributed by atoms with Gasteiger partial charge in [0, 0.05) is 25.0 Å². The van der Waals surface area contributed by atoms with Gasteiger partial charge < -0.3 is 11.1 Å². The highest BCUT2D eigenvalue weighted by Crippen LogP contribution is 2.27. The lowest BCUT2D eigenvalue weighted by Crippen LogP contribution is -2.25. The third-order valence-electron chi connectivity index (χ3n) is 2.77. The third kappa shape index (κ3) is 3.11. The zero-order chi connectivity index (χ0) is 15.4. The number of amides is 1. The zero-order valence-corrected chi connectivity index (χ0v) is 10.7. The van der Waals surface area contributed by atoms with E-state index in [0.717, 1.165) is 12.1 Å². The van der Waals surface area contributed by atoms with Crippen LogP contribution in [0.15, 0.2) is 36.7 Å². The smallest absolute Gasteiger partial charge is 0.293 e. The number of hydrogen-bond acceptors (Lipinski definition) is 5. The minimum absolute atomic E-state index is 0.105. The van der Waals surface area contributed by atoms with Gasteiger partial charge in [-0.3, -0.25) is 19.9 Å². The van der Waals surface area contributed by atoms with Gasteiger partial charge in [-0.15, -0.1) is 0 Å². The van der Waals surface area contributed by atoms with Gasteiger partial charge in [-0.05, 0) is 17.7 Å². The number of carbonyl (C=O) groups excluding carboxylic acids is 1. The van der Waals surface area contributed by atoms with Gasteiger partial charge in [0.05, 0.1) is 4.92 Å². The van der Waals surface area contributed by atoms with Crippen LogP contribution >= 0.6 is 0 Å². The second kappa shape index (κ2) is 5.95. The van der Waals surface area contributed by atoms with Gasteiger partial charge in [-0.2, -0.15) is 0 Å². The molecule has 0 spiro atoms. The van der Waals surface area contributed by atoms with Crippen LogP contribution in [-0.2, 0) is 6.54 Å². The Bertz CT molecular complexity index is 691. The summed E-state index contributed by atoms with van der Waals surface area (Å²) in [5.74, 6) is -1.74. The third-order valence-corrected chi connectivity index (χ3v) is 2.77. The first-order valence-corrected chi connectivity index (χ1v) is 5.90. The van der Waals surface area contributed by atoms with Crippen molar-refractivity contribution in [3.05, 3.63) is 63.7 Å². The molecule has 1 heterocycles. The standard InChI is InChI=1S/C13H11FN4O3/c14-9-3-4-10(18(20)21)12(15)11(9)13(19)17-7-8-2-1-5-16-6-8/h1-6H,7,15H2,(H,17,19). The average molecular weight is 290 g/mol. The summed E-state index contributed by atoms with van der Waals surface area (Å²) in [4.78, 5) is 25.8. The van der Waals surface area contributed by atoms with Crippen LogP contribution in [0.2, 0.25) is 0 Å². The number of nitrogens with two attached hydrogens (primary N) is 1. The molecule has 8 heteroatoms. The van der Waals surface area contributed by atoms with E-state index in [1.165, 1.54) is 6.20 Å². The number of carbonyl (C=O) groups is 1. The zero-order valence-electron chi connectivity index (χ0n) is 10.7. The van der Waals surface area contributed by atoms with E-state index in [-0.39, 0.29) is 6.54 Å². The fraction of sp³-hybridized carbons (Fsp3) is 0.0769. The van der Waals surface area contributed by atoms with Crippen molar-refractivity contribution >= 4 is 17.3 Å². The number of nitrogens with zero attached hydrogens (tertiary/aromatic N) is 2. The minimum Gasteiger partial charge on any atom is -0.392 e. The summed E-state index contributed by atoms with van der Waals surface area (Å²) >= 11 is 0. The Morgan fingerprint density at radius 2 is 2.19 bits per heavy atom. The molecule has 0 radical (unpaired) electrons. The van der Waals surface area contributed by atoms with Crippen LogP contribution in [-0.4, -0.2) is 15.8 Å². The van der Waals surface area contributed by atoms with Gasteiger partial charge in [0.25, 0.3) is 11.6 Å². The second-order valence-electron chi connectivity index (χ2n) is 4.16. The SMILES string of the molecule is Nc1c([N+](=O)[O-])ccc(F)c1C(=O)NCc1cccnc1. The lowest BCUT2D eigenvalue weighted by atomic mass is 10.1. The van der Waals surface area contributed by atoms with Crippen molar-refractivity contribution in [1.82, 2.24) is 10.3 Å². The molecule has 1 aromatic carbocycles. The molecule has 3 N–H and O–H groups in total. The van der Waals surface area contributed by atoms with Crippen LogP contribution in [0.1, 0.15) is 15.9 Å². The van der Waals surface area contributed by atoms with Crippen LogP contribution in [0.25, 0.3) is 0 Å². The van der Waals surface area contributed by atoms with E-state index in [1.807, 2.05) is 0 Å². The molecule has 0 saturated heterocycles. The summed E-state index contributed by atoms with van der Waals surface area (Å²) in [6.07, 6.45) is 3.11. The lowest BCUT2D eigenvalue weighted by Gasteiger charge is -2.08. The van der Waals surface area contributed by atoms with Crippen molar-refractivity contribution in [1.29, 1.82) is 0 Å². The molecule has 0 unspecified atom stereocenters. The maximum absolute atomic E-state index is 13.7. The van der Waals surface area contributed by atoms with E-state index < -0.39 is 33.6 Å². The monoisotopic (exact) mass is 290 g/mol. The first-order chi connectivity index (χ1) is 10.0. The van der Waals surface area contributed by atoms with Crippen molar-refractivity contribution in [3.8, 4) is 0 Å². The summed E-state index contributed by atoms with van der Waals surface area (Å²) in [6, 6.07) is 5.17. The van der Waals surface area contributed by atoms with E-state index in [4.69, 9.17) is 5.73 Å². The van der Waals surface area contributed by atoms with Crippen LogP contribution in [0, 0.1) is 15.9 Å². The van der Waals surface area contributed by atoms with Gasteiger partial charge in [-0.25, -0.2) is 4.39 Å². The molecule has 0 aliphatic heterocycles. The molecule has 0 saturated carbocycles. The molecule has 0 aliphatic rings. The fourth-order valence-electron chi connectivity index (χ4n) is 1.75. The highest BCUT2D eigenvalue weighted by molar-refractivity contribution is 6.01. The molecule has 21 heavy (non-hydrogen) atoms. The minimum atomic E-state index is -0.915. The molecule has 0 atom stereocenters. The highest BCUT2D eigenvalue weighted by atomic mass is 19.1. The lowest BCUT2D eigenvalue weighted by molar-refractivity contribution is -0.384. The van der Waals surface area contributed by atoms with Crippen molar-refractivity contribution in [3.63, 3.8) is 0 Å². The number of pyridine rings is 1. The van der Waals surface area contributed by atoms with E-state index in [9.17, 15) is 19.3 Å². The Kier molecular flexibility index (Phi) is 4.07. The fourth-order valence-corrected chi connectivity index (χ4v) is 1.75. The molecule has 0 aliphatic carbocycles. The number of hydrogen-bond donors (Lipinski definition) is 2. The first-order valence-electron chi connectivity index (χ1n) is 5.90. The number of nitrogen functional groups attached to an aromatic ring is 1. The Hall–Kier alpha value is -3.03. The van der Waals surface area contributed by atoms with Gasteiger partial charge in [0.2, 0.25) is 0 Å². The first kappa shape index (κ1) is 14.4. The Morgan fingerprint density at radius 1 is 1.43 bits per heavy atom. The summed E-state index contributed by atoms with van der Waals surface area (Å²) in [6.45, 7) is 0.105. The Labute approximate surface area is 118 Å². The Morgan fingerprint density at radius 3 is 2.81 bits per heavy atom. The van der Waals surface area contributed by atoms with Gasteiger partial charge in [0.1, 0.15) is 17.1 Å². The summed E-state index contributed by atoms with van der Waals surface area (Å²) < 4.78 is 13.7. The topological polar surface area (TPSA) is 111 Å². The quantitative estimate of drug-likeness (QED) is 0.505. The molecule has 0 fully saturated rings. The van der Waals surface area contributed by atoms with Crippen molar-refractivity contribution in [2.24, 2.45) is 0 Å². The van der Waals surface area contributed by atoms with Crippen LogP contribution in [0.4, 0.5) is 15.8 Å². The average Bonchev–Trinajstić information content (AvgIpc) is 2.46. The van der Waals surface area contributed by atoms with Gasteiger partial charge in [0.15, 0.2) is 0 Å². The van der Waals surface area contributed by atoms with E-state index in [0.29, 0.717) is 5.56 Å². The summed E-state index contributed by atoms with van der Waals surface area (Å²) in [5, 5.41) is 13.2. The largest absolute Gasteiger partial charge is 0.392 e. The molecule has 7 nitrogen and oxygen atoms in total. The predicted molar refractivity (Wildman–Crippen MR) is 72.9 cm³/mol. The molecule has 1 amide bonds. The number of nitrogens with one attached hydrogen (secondary N) is 1. The number of halogens is 1. The summed E-state index contributed by atoms with van der Waals surface area (Å²) in [5.41, 5.74) is 4.66. The number of aromatic nitrogens is 1. The van der Waals surface area contributed by atoms with Crippen LogP contribution in [0.5, 0.6) is 0 Å². The molecule has 2 rings (SSSR count). The number of benzene rings is 1. The second-order valence-corrected chi connectivity index (χ2v) is 4.16. The van der Waals surface area contributed by atoms with Crippen LogP contribution < -0.4 is 11.1 Å². The van der Waals surface area contributed by atoms with Gasteiger partial charge >= 0.3 is 0 Å². The van der Waals surface area contributed by atoms with E-state index in [1.54, 1.807) is 18.3 Å². The normalized spacial score (nSPS) is 10.1. The number of nitro groups is 1. The number of anilines is 1. The number of nitro benzene ring substituents is 1. The highest BCUT2D eigenvalue weighted by Gasteiger charge is 2.23. The van der Waals surface area contributed by atoms with Gasteiger partial charge in [-0.1, -0.05) is 6.07 Å². The summed E-state index contributed by atoms with van der Waals surface area (Å²) in [7, 11) is 0. The maximum atomic E-state index is 13.7. The molecular weight excluding hydrogens is 279 g/mol. The molecular formula is C13H11FN4O3. The van der Waals surface area contributed by atoms with E-state index >= 15 is 0 Å².